The molecule has 1 heterocycles. The van der Waals surface area contributed by atoms with E-state index in [9.17, 15) is 12.8 Å². The summed E-state index contributed by atoms with van der Waals surface area (Å²) in [6.45, 7) is 2.22. The Hall–Kier alpha value is -1.44. The minimum atomic E-state index is -3.74. The van der Waals surface area contributed by atoms with Crippen molar-refractivity contribution in [2.24, 2.45) is 0 Å². The molecule has 0 fully saturated rings. The third-order valence-electron chi connectivity index (χ3n) is 2.90. The molecule has 0 radical (unpaired) electrons. The molecule has 0 bridgehead atoms. The maximum atomic E-state index is 12.9. The van der Waals surface area contributed by atoms with Crippen LogP contribution in [0.1, 0.15) is 17.4 Å². The van der Waals surface area contributed by atoms with Gasteiger partial charge in [0.1, 0.15) is 10.7 Å². The van der Waals surface area contributed by atoms with Crippen LogP contribution in [0.25, 0.3) is 0 Å². The number of nitrogens with one attached hydrogen (secondary N) is 1. The number of thiophene rings is 1. The first-order valence-electron chi connectivity index (χ1n) is 6.04. The van der Waals surface area contributed by atoms with Crippen LogP contribution < -0.4 is 10.5 Å². The minimum Gasteiger partial charge on any atom is -0.398 e. The normalized spacial score (nSPS) is 11.7. The Labute approximate surface area is 121 Å². The lowest BCUT2D eigenvalue weighted by molar-refractivity contribution is 0.581. The minimum absolute atomic E-state index is 0.0978. The molecule has 0 saturated carbocycles. The number of anilines is 1. The molecule has 2 aromatic rings. The molecule has 1 aromatic carbocycles. The van der Waals surface area contributed by atoms with Crippen LogP contribution in [0.2, 0.25) is 0 Å². The van der Waals surface area contributed by atoms with Crippen molar-refractivity contribution in [2.45, 2.75) is 24.8 Å². The lowest BCUT2D eigenvalue weighted by Crippen LogP contribution is -2.24. The number of rotatable bonds is 5. The summed E-state index contributed by atoms with van der Waals surface area (Å²) in [7, 11) is -3.74. The molecule has 108 valence electrons. The highest BCUT2D eigenvalue weighted by Gasteiger charge is 2.18. The van der Waals surface area contributed by atoms with Crippen molar-refractivity contribution in [1.29, 1.82) is 0 Å². The smallest absolute Gasteiger partial charge is 0.242 e. The fourth-order valence-corrected chi connectivity index (χ4v) is 3.95. The standard InChI is InChI=1S/C13H15FN2O2S2/c1-2-9-5-6-19-12(9)8-16-20(17,18)13-4-3-10(14)7-11(13)15/h3-7,16H,2,8,15H2,1H3. The molecule has 0 unspecified atom stereocenters. The van der Waals surface area contributed by atoms with Gasteiger partial charge in [0, 0.05) is 11.4 Å². The monoisotopic (exact) mass is 314 g/mol. The Morgan fingerprint density at radius 2 is 2.10 bits per heavy atom. The van der Waals surface area contributed by atoms with Gasteiger partial charge in [0.2, 0.25) is 10.0 Å². The van der Waals surface area contributed by atoms with Gasteiger partial charge >= 0.3 is 0 Å². The van der Waals surface area contributed by atoms with E-state index in [1.54, 1.807) is 0 Å². The topological polar surface area (TPSA) is 72.2 Å². The van der Waals surface area contributed by atoms with Crippen molar-refractivity contribution in [3.05, 3.63) is 45.9 Å². The summed E-state index contributed by atoms with van der Waals surface area (Å²) in [6.07, 6.45) is 0.846. The fraction of sp³-hybridized carbons (Fsp3) is 0.231. The predicted molar refractivity (Wildman–Crippen MR) is 78.5 cm³/mol. The second kappa shape index (κ2) is 5.90. The third-order valence-corrected chi connectivity index (χ3v) is 5.34. The van der Waals surface area contributed by atoms with Gasteiger partial charge < -0.3 is 5.73 Å². The van der Waals surface area contributed by atoms with E-state index in [2.05, 4.69) is 4.72 Å². The molecule has 0 amide bonds. The number of benzene rings is 1. The molecule has 0 atom stereocenters. The Bertz CT molecular complexity index is 711. The number of aryl methyl sites for hydroxylation is 1. The predicted octanol–water partition coefficient (Wildman–Crippen LogP) is 2.51. The molecule has 7 heteroatoms. The summed E-state index contributed by atoms with van der Waals surface area (Å²) in [5, 5.41) is 1.93. The maximum absolute atomic E-state index is 12.9. The van der Waals surface area contributed by atoms with Gasteiger partial charge in [-0.2, -0.15) is 0 Å². The van der Waals surface area contributed by atoms with E-state index < -0.39 is 15.8 Å². The van der Waals surface area contributed by atoms with Gasteiger partial charge in [-0.05, 0) is 41.6 Å². The Morgan fingerprint density at radius 3 is 2.75 bits per heavy atom. The largest absolute Gasteiger partial charge is 0.398 e. The molecular formula is C13H15FN2O2S2. The number of hydrogen-bond donors (Lipinski definition) is 2. The quantitative estimate of drug-likeness (QED) is 0.833. The molecule has 20 heavy (non-hydrogen) atoms. The van der Waals surface area contributed by atoms with E-state index in [0.29, 0.717) is 0 Å². The number of hydrogen-bond acceptors (Lipinski definition) is 4. The van der Waals surface area contributed by atoms with E-state index >= 15 is 0 Å². The second-order valence-electron chi connectivity index (χ2n) is 4.23. The van der Waals surface area contributed by atoms with Gasteiger partial charge in [0.15, 0.2) is 0 Å². The molecule has 4 nitrogen and oxygen atoms in total. The van der Waals surface area contributed by atoms with E-state index in [1.165, 1.54) is 17.4 Å². The summed E-state index contributed by atoms with van der Waals surface area (Å²) in [6, 6.07) is 5.22. The van der Waals surface area contributed by atoms with Crippen LogP contribution in [0.4, 0.5) is 10.1 Å². The van der Waals surface area contributed by atoms with Crippen molar-refractivity contribution in [3.63, 3.8) is 0 Å². The van der Waals surface area contributed by atoms with Crippen LogP contribution in [0.5, 0.6) is 0 Å². The SMILES string of the molecule is CCc1ccsc1CNS(=O)(=O)c1ccc(F)cc1N. The number of halogens is 1. The van der Waals surface area contributed by atoms with E-state index in [-0.39, 0.29) is 17.1 Å². The van der Waals surface area contributed by atoms with Crippen LogP contribution in [-0.2, 0) is 23.0 Å². The molecule has 0 aliphatic carbocycles. The second-order valence-corrected chi connectivity index (χ2v) is 6.97. The summed E-state index contributed by atoms with van der Waals surface area (Å²) in [5.41, 5.74) is 6.57. The summed E-state index contributed by atoms with van der Waals surface area (Å²) < 4.78 is 39.7. The highest BCUT2D eigenvalue weighted by Crippen LogP contribution is 2.21. The van der Waals surface area contributed by atoms with Crippen LogP contribution >= 0.6 is 11.3 Å². The molecule has 2 rings (SSSR count). The molecule has 0 spiro atoms. The molecule has 0 saturated heterocycles. The van der Waals surface area contributed by atoms with Gasteiger partial charge in [0.25, 0.3) is 0 Å². The lowest BCUT2D eigenvalue weighted by Gasteiger charge is -2.09. The Morgan fingerprint density at radius 1 is 1.35 bits per heavy atom. The Balaban J connectivity index is 2.19. The number of sulfonamides is 1. The molecule has 0 aliphatic rings. The Kier molecular flexibility index (Phi) is 4.42. The van der Waals surface area contributed by atoms with Gasteiger partial charge in [-0.3, -0.25) is 0 Å². The molecule has 0 aliphatic heterocycles. The summed E-state index contributed by atoms with van der Waals surface area (Å²) >= 11 is 1.50. The summed E-state index contributed by atoms with van der Waals surface area (Å²) in [4.78, 5) is 0.866. The number of nitrogens with two attached hydrogens (primary N) is 1. The van der Waals surface area contributed by atoms with Crippen molar-refractivity contribution in [1.82, 2.24) is 4.72 Å². The van der Waals surface area contributed by atoms with Crippen molar-refractivity contribution < 1.29 is 12.8 Å². The van der Waals surface area contributed by atoms with E-state index in [1.807, 2.05) is 18.4 Å². The van der Waals surface area contributed by atoms with Gasteiger partial charge in [-0.1, -0.05) is 6.92 Å². The average molecular weight is 314 g/mol. The zero-order valence-corrected chi connectivity index (χ0v) is 12.5. The highest BCUT2D eigenvalue weighted by molar-refractivity contribution is 7.89. The van der Waals surface area contributed by atoms with Crippen LogP contribution in [-0.4, -0.2) is 8.42 Å². The van der Waals surface area contributed by atoms with Gasteiger partial charge in [-0.15, -0.1) is 11.3 Å². The van der Waals surface area contributed by atoms with Gasteiger partial charge in [0.05, 0.1) is 5.69 Å². The zero-order valence-electron chi connectivity index (χ0n) is 10.9. The first kappa shape index (κ1) is 15.0. The molecule has 1 aromatic heterocycles. The van der Waals surface area contributed by atoms with Crippen LogP contribution in [0.15, 0.2) is 34.5 Å². The van der Waals surface area contributed by atoms with Crippen LogP contribution in [0.3, 0.4) is 0 Å². The first-order chi connectivity index (χ1) is 9.44. The van der Waals surface area contributed by atoms with Gasteiger partial charge in [-0.25, -0.2) is 17.5 Å². The zero-order chi connectivity index (χ0) is 14.8. The van der Waals surface area contributed by atoms with Crippen molar-refractivity contribution >= 4 is 27.0 Å². The third kappa shape index (κ3) is 3.17. The lowest BCUT2D eigenvalue weighted by atomic mass is 10.2. The highest BCUT2D eigenvalue weighted by atomic mass is 32.2. The first-order valence-corrected chi connectivity index (χ1v) is 8.40. The van der Waals surface area contributed by atoms with E-state index in [0.717, 1.165) is 29.0 Å². The average Bonchev–Trinajstić information content (AvgIpc) is 2.83. The van der Waals surface area contributed by atoms with E-state index in [4.69, 9.17) is 5.73 Å². The fourth-order valence-electron chi connectivity index (χ4n) is 1.84. The molecule has 3 N–H and O–H groups in total. The van der Waals surface area contributed by atoms with Crippen molar-refractivity contribution in [3.8, 4) is 0 Å². The summed E-state index contributed by atoms with van der Waals surface area (Å²) in [5.74, 6) is -0.562. The van der Waals surface area contributed by atoms with Crippen molar-refractivity contribution in [2.75, 3.05) is 5.73 Å². The maximum Gasteiger partial charge on any atom is 0.242 e. The number of nitrogen functional groups attached to an aromatic ring is 1. The van der Waals surface area contributed by atoms with Crippen LogP contribution in [0, 0.1) is 5.82 Å². The molecular weight excluding hydrogens is 299 g/mol.